The number of esters is 1. The molecule has 0 aliphatic carbocycles. The molecule has 1 aromatic rings. The lowest BCUT2D eigenvalue weighted by atomic mass is 10.2. The van der Waals surface area contributed by atoms with Crippen LogP contribution in [0, 0.1) is 0 Å². The van der Waals surface area contributed by atoms with Crippen molar-refractivity contribution >= 4 is 11.9 Å². The van der Waals surface area contributed by atoms with Crippen molar-refractivity contribution in [2.24, 2.45) is 0 Å². The molecule has 18 heavy (non-hydrogen) atoms. The van der Waals surface area contributed by atoms with Gasteiger partial charge in [-0.05, 0) is 30.7 Å². The highest BCUT2D eigenvalue weighted by Gasteiger charge is 2.09. The lowest BCUT2D eigenvalue weighted by Crippen LogP contribution is -2.09. The summed E-state index contributed by atoms with van der Waals surface area (Å²) in [5.74, 6) is -0.550. The number of hydrogen-bond acceptors (Lipinski definition) is 4. The van der Waals surface area contributed by atoms with Gasteiger partial charge in [-0.2, -0.15) is 0 Å². The molecule has 1 N–H and O–H groups in total. The van der Waals surface area contributed by atoms with Crippen LogP contribution >= 0.6 is 0 Å². The topological polar surface area (TPSA) is 72.8 Å². The number of ether oxygens (including phenoxy) is 2. The van der Waals surface area contributed by atoms with Gasteiger partial charge in [0.2, 0.25) is 0 Å². The van der Waals surface area contributed by atoms with Crippen LogP contribution in [0.4, 0.5) is 0 Å². The number of carbonyl (C=O) groups excluding carboxylic acids is 1. The van der Waals surface area contributed by atoms with E-state index in [1.807, 2.05) is 0 Å². The molecule has 0 bridgehead atoms. The van der Waals surface area contributed by atoms with Gasteiger partial charge in [0, 0.05) is 5.57 Å². The quantitative estimate of drug-likeness (QED) is 0.475. The molecule has 0 amide bonds. The van der Waals surface area contributed by atoms with Gasteiger partial charge < -0.3 is 14.6 Å². The van der Waals surface area contributed by atoms with Gasteiger partial charge in [-0.1, -0.05) is 6.58 Å². The minimum atomic E-state index is -1.10. The second kappa shape index (κ2) is 6.44. The van der Waals surface area contributed by atoms with Gasteiger partial charge in [0.05, 0.1) is 13.5 Å². The Kier molecular flexibility index (Phi) is 4.92. The second-order valence-corrected chi connectivity index (χ2v) is 3.56. The first kappa shape index (κ1) is 13.8. The number of carbonyl (C=O) groups is 2. The number of carboxylic acids is 1. The number of aliphatic carboxylic acids is 1. The molecule has 0 aliphatic heterocycles. The molecule has 0 radical (unpaired) electrons. The summed E-state index contributed by atoms with van der Waals surface area (Å²) in [7, 11) is 1.54. The Labute approximate surface area is 105 Å². The molecular weight excluding hydrogens is 236 g/mol. The first-order valence-corrected chi connectivity index (χ1v) is 5.28. The molecule has 0 spiro atoms. The van der Waals surface area contributed by atoms with Crippen molar-refractivity contribution in [1.82, 2.24) is 0 Å². The van der Waals surface area contributed by atoms with Gasteiger partial charge in [0.25, 0.3) is 0 Å². The molecular formula is C13H14O5. The standard InChI is InChI=1S/C13H14O5/c1-9(13(15)16)3-8-12(14)18-11-6-4-10(17-2)5-7-11/h4-7H,1,3,8H2,2H3,(H,15,16). The molecule has 0 saturated heterocycles. The maximum absolute atomic E-state index is 11.4. The van der Waals surface area contributed by atoms with Crippen molar-refractivity contribution in [3.8, 4) is 11.5 Å². The molecule has 0 unspecified atom stereocenters. The average Bonchev–Trinajstić information content (AvgIpc) is 2.36. The highest BCUT2D eigenvalue weighted by Crippen LogP contribution is 2.17. The molecule has 0 saturated carbocycles. The Morgan fingerprint density at radius 3 is 2.22 bits per heavy atom. The summed E-state index contributed by atoms with van der Waals surface area (Å²) in [6.45, 7) is 3.33. The summed E-state index contributed by atoms with van der Waals surface area (Å²) in [6.07, 6.45) is 0.0570. The molecule has 0 fully saturated rings. The van der Waals surface area contributed by atoms with Crippen LogP contribution in [0.2, 0.25) is 0 Å². The third-order valence-corrected chi connectivity index (χ3v) is 2.22. The molecule has 0 aromatic heterocycles. The molecule has 0 heterocycles. The van der Waals surface area contributed by atoms with Crippen LogP contribution in [-0.2, 0) is 9.59 Å². The summed E-state index contributed by atoms with van der Waals surface area (Å²) in [5.41, 5.74) is -0.0123. The summed E-state index contributed by atoms with van der Waals surface area (Å²) < 4.78 is 9.98. The third kappa shape index (κ3) is 4.29. The molecule has 1 aromatic carbocycles. The monoisotopic (exact) mass is 250 g/mol. The molecule has 1 rings (SSSR count). The van der Waals surface area contributed by atoms with Crippen LogP contribution in [0.3, 0.4) is 0 Å². The van der Waals surface area contributed by atoms with E-state index in [0.29, 0.717) is 11.5 Å². The van der Waals surface area contributed by atoms with Crippen LogP contribution < -0.4 is 9.47 Å². The number of hydrogen-bond donors (Lipinski definition) is 1. The molecule has 0 aliphatic rings. The maximum Gasteiger partial charge on any atom is 0.330 e. The Balaban J connectivity index is 2.44. The van der Waals surface area contributed by atoms with Gasteiger partial charge >= 0.3 is 11.9 Å². The van der Waals surface area contributed by atoms with Crippen LogP contribution in [0.25, 0.3) is 0 Å². The normalized spacial score (nSPS) is 9.61. The SMILES string of the molecule is C=C(CCC(=O)Oc1ccc(OC)cc1)C(=O)O. The molecule has 5 nitrogen and oxygen atoms in total. The van der Waals surface area contributed by atoms with Crippen molar-refractivity contribution in [2.45, 2.75) is 12.8 Å². The zero-order valence-corrected chi connectivity index (χ0v) is 10.0. The number of rotatable bonds is 6. The zero-order valence-electron chi connectivity index (χ0n) is 10.0. The van der Waals surface area contributed by atoms with Crippen LogP contribution in [0.5, 0.6) is 11.5 Å². The summed E-state index contributed by atoms with van der Waals surface area (Å²) in [4.78, 5) is 21.9. The summed E-state index contributed by atoms with van der Waals surface area (Å²) in [6, 6.07) is 6.53. The Hall–Kier alpha value is -2.30. The van der Waals surface area contributed by atoms with Crippen molar-refractivity contribution < 1.29 is 24.2 Å². The fourth-order valence-corrected chi connectivity index (χ4v) is 1.19. The van der Waals surface area contributed by atoms with Crippen molar-refractivity contribution in [3.05, 3.63) is 36.4 Å². The van der Waals surface area contributed by atoms with E-state index in [1.165, 1.54) is 0 Å². The number of carboxylic acid groups (broad SMARTS) is 1. The van der Waals surface area contributed by atoms with E-state index in [4.69, 9.17) is 14.6 Å². The van der Waals surface area contributed by atoms with Crippen molar-refractivity contribution in [3.63, 3.8) is 0 Å². The summed E-state index contributed by atoms with van der Waals surface area (Å²) >= 11 is 0. The fourth-order valence-electron chi connectivity index (χ4n) is 1.19. The largest absolute Gasteiger partial charge is 0.497 e. The highest BCUT2D eigenvalue weighted by atomic mass is 16.5. The van der Waals surface area contributed by atoms with E-state index in [-0.39, 0.29) is 18.4 Å². The fraction of sp³-hybridized carbons (Fsp3) is 0.231. The first-order valence-electron chi connectivity index (χ1n) is 5.28. The van der Waals surface area contributed by atoms with Crippen molar-refractivity contribution in [1.29, 1.82) is 0 Å². The Morgan fingerprint density at radius 2 is 1.72 bits per heavy atom. The lowest BCUT2D eigenvalue weighted by molar-refractivity contribution is -0.134. The summed E-state index contributed by atoms with van der Waals surface area (Å²) in [5, 5.41) is 8.58. The van der Waals surface area contributed by atoms with Crippen LogP contribution in [0.1, 0.15) is 12.8 Å². The predicted molar refractivity (Wildman–Crippen MR) is 64.6 cm³/mol. The number of benzene rings is 1. The van der Waals surface area contributed by atoms with E-state index >= 15 is 0 Å². The van der Waals surface area contributed by atoms with E-state index in [1.54, 1.807) is 31.4 Å². The predicted octanol–water partition coefficient (Wildman–Crippen LogP) is 2.02. The second-order valence-electron chi connectivity index (χ2n) is 3.56. The van der Waals surface area contributed by atoms with E-state index in [2.05, 4.69) is 6.58 Å². The highest BCUT2D eigenvalue weighted by molar-refractivity contribution is 5.86. The van der Waals surface area contributed by atoms with E-state index in [9.17, 15) is 9.59 Å². The molecule has 5 heteroatoms. The van der Waals surface area contributed by atoms with Gasteiger partial charge in [0.1, 0.15) is 11.5 Å². The Morgan fingerprint density at radius 1 is 1.17 bits per heavy atom. The minimum Gasteiger partial charge on any atom is -0.497 e. The van der Waals surface area contributed by atoms with Gasteiger partial charge in [-0.15, -0.1) is 0 Å². The zero-order chi connectivity index (χ0) is 13.5. The lowest BCUT2D eigenvalue weighted by Gasteiger charge is -2.05. The van der Waals surface area contributed by atoms with Crippen LogP contribution in [-0.4, -0.2) is 24.2 Å². The number of methoxy groups -OCH3 is 1. The van der Waals surface area contributed by atoms with Crippen molar-refractivity contribution in [2.75, 3.05) is 7.11 Å². The molecule has 96 valence electrons. The smallest absolute Gasteiger partial charge is 0.330 e. The van der Waals surface area contributed by atoms with Gasteiger partial charge in [0.15, 0.2) is 0 Å². The first-order chi connectivity index (χ1) is 8.52. The maximum atomic E-state index is 11.4. The Bertz CT molecular complexity index is 447. The van der Waals surface area contributed by atoms with Crippen LogP contribution in [0.15, 0.2) is 36.4 Å². The van der Waals surface area contributed by atoms with Gasteiger partial charge in [-0.25, -0.2) is 4.79 Å². The van der Waals surface area contributed by atoms with E-state index in [0.717, 1.165) is 0 Å². The van der Waals surface area contributed by atoms with E-state index < -0.39 is 11.9 Å². The van der Waals surface area contributed by atoms with Gasteiger partial charge in [-0.3, -0.25) is 4.79 Å². The average molecular weight is 250 g/mol. The minimum absolute atomic E-state index is 0.0123. The third-order valence-electron chi connectivity index (χ3n) is 2.22. The molecule has 0 atom stereocenters.